The van der Waals surface area contributed by atoms with Crippen LogP contribution in [0.5, 0.6) is 5.75 Å². The second kappa shape index (κ2) is 8.56. The maximum absolute atomic E-state index is 12.6. The lowest BCUT2D eigenvalue weighted by molar-refractivity contribution is 0.0183. The third-order valence-electron chi connectivity index (χ3n) is 4.27. The summed E-state index contributed by atoms with van der Waals surface area (Å²) >= 11 is 0. The van der Waals surface area contributed by atoms with E-state index in [4.69, 9.17) is 9.47 Å². The molecule has 1 aliphatic heterocycles. The van der Waals surface area contributed by atoms with Crippen LogP contribution in [0, 0.1) is 5.92 Å². The van der Waals surface area contributed by atoms with E-state index in [1.54, 1.807) is 4.90 Å². The van der Waals surface area contributed by atoms with Crippen molar-refractivity contribution in [1.82, 2.24) is 4.90 Å². The summed E-state index contributed by atoms with van der Waals surface area (Å²) in [6, 6.07) is 7.38. The number of rotatable bonds is 5. The number of likely N-dealkylation sites (tertiary alicyclic amines) is 1. The van der Waals surface area contributed by atoms with Crippen molar-refractivity contribution in [1.29, 1.82) is 0 Å². The van der Waals surface area contributed by atoms with Gasteiger partial charge in [0.1, 0.15) is 11.4 Å². The zero-order chi connectivity index (χ0) is 19.3. The van der Waals surface area contributed by atoms with Gasteiger partial charge in [-0.15, -0.1) is 0 Å². The second-order valence-electron chi connectivity index (χ2n) is 8.23. The molecule has 1 fully saturated rings. The number of carbonyl (C=O) groups is 2. The first-order chi connectivity index (χ1) is 12.1. The summed E-state index contributed by atoms with van der Waals surface area (Å²) in [5.74, 6) is 1.16. The molecule has 0 saturated carbocycles. The van der Waals surface area contributed by atoms with E-state index in [1.807, 2.05) is 58.9 Å². The lowest BCUT2D eigenvalue weighted by Gasteiger charge is -2.33. The minimum absolute atomic E-state index is 0.0810. The molecule has 5 heteroatoms. The molecule has 1 amide bonds. The molecule has 1 aromatic carbocycles. The van der Waals surface area contributed by atoms with Gasteiger partial charge in [-0.05, 0) is 65.5 Å². The third-order valence-corrected chi connectivity index (χ3v) is 4.27. The molecule has 1 aromatic rings. The van der Waals surface area contributed by atoms with E-state index < -0.39 is 5.60 Å². The Bertz CT molecular complexity index is 625. The zero-order valence-electron chi connectivity index (χ0n) is 16.6. The van der Waals surface area contributed by atoms with Crippen molar-refractivity contribution in [2.24, 2.45) is 5.92 Å². The number of ketones is 1. The average molecular weight is 361 g/mol. The summed E-state index contributed by atoms with van der Waals surface area (Å²) in [6.45, 7) is 10.8. The van der Waals surface area contributed by atoms with Crippen LogP contribution in [0.15, 0.2) is 24.3 Å². The number of ether oxygens (including phenoxy) is 2. The molecule has 5 nitrogen and oxygen atoms in total. The van der Waals surface area contributed by atoms with E-state index in [2.05, 4.69) is 0 Å². The van der Waals surface area contributed by atoms with Gasteiger partial charge in [-0.25, -0.2) is 4.79 Å². The molecule has 0 unspecified atom stereocenters. The molecule has 1 aliphatic rings. The molecule has 0 bridgehead atoms. The Morgan fingerprint density at radius 2 is 1.85 bits per heavy atom. The van der Waals surface area contributed by atoms with Crippen LogP contribution in [0.4, 0.5) is 4.79 Å². The summed E-state index contributed by atoms with van der Waals surface area (Å²) in [4.78, 5) is 26.4. The lowest BCUT2D eigenvalue weighted by Crippen LogP contribution is -2.42. The zero-order valence-corrected chi connectivity index (χ0v) is 16.6. The van der Waals surface area contributed by atoms with Crippen molar-refractivity contribution in [3.8, 4) is 5.75 Å². The van der Waals surface area contributed by atoms with Gasteiger partial charge in [-0.3, -0.25) is 4.79 Å². The van der Waals surface area contributed by atoms with Crippen LogP contribution in [-0.4, -0.2) is 41.6 Å². The summed E-state index contributed by atoms with van der Waals surface area (Å²) in [5, 5.41) is 0. The van der Waals surface area contributed by atoms with Gasteiger partial charge in [0.05, 0.1) is 6.10 Å². The van der Waals surface area contributed by atoms with Crippen molar-refractivity contribution in [2.75, 3.05) is 13.1 Å². The predicted octanol–water partition coefficient (Wildman–Crippen LogP) is 4.69. The van der Waals surface area contributed by atoms with E-state index in [9.17, 15) is 9.59 Å². The first kappa shape index (κ1) is 20.3. The number of Topliss-reactive ketones (excluding diaryl/α,β-unsaturated/α-hetero) is 1. The molecule has 0 radical (unpaired) electrons. The van der Waals surface area contributed by atoms with Gasteiger partial charge in [0.15, 0.2) is 5.78 Å². The molecular formula is C21H31NO4. The number of hydrogen-bond donors (Lipinski definition) is 0. The molecule has 144 valence electrons. The van der Waals surface area contributed by atoms with Crippen LogP contribution in [-0.2, 0) is 4.74 Å². The summed E-state index contributed by atoms with van der Waals surface area (Å²) in [5.41, 5.74) is 0.213. The van der Waals surface area contributed by atoms with E-state index in [0.29, 0.717) is 31.0 Å². The Hall–Kier alpha value is -2.04. The van der Waals surface area contributed by atoms with Gasteiger partial charge in [0.25, 0.3) is 0 Å². The number of piperidine rings is 1. The van der Waals surface area contributed by atoms with Gasteiger partial charge >= 0.3 is 6.09 Å². The van der Waals surface area contributed by atoms with Crippen LogP contribution in [0.1, 0.15) is 64.2 Å². The Morgan fingerprint density at radius 1 is 1.19 bits per heavy atom. The topological polar surface area (TPSA) is 55.8 Å². The van der Waals surface area contributed by atoms with Crippen molar-refractivity contribution in [2.45, 2.75) is 65.6 Å². The third kappa shape index (κ3) is 6.36. The van der Waals surface area contributed by atoms with Gasteiger partial charge in [-0.1, -0.05) is 12.1 Å². The summed E-state index contributed by atoms with van der Waals surface area (Å²) in [6.07, 6.45) is 1.98. The molecule has 0 atom stereocenters. The van der Waals surface area contributed by atoms with Crippen molar-refractivity contribution in [3.63, 3.8) is 0 Å². The minimum Gasteiger partial charge on any atom is -0.491 e. The van der Waals surface area contributed by atoms with Crippen LogP contribution in [0.3, 0.4) is 0 Å². The van der Waals surface area contributed by atoms with E-state index in [1.165, 1.54) is 0 Å². The molecule has 1 saturated heterocycles. The smallest absolute Gasteiger partial charge is 0.410 e. The lowest BCUT2D eigenvalue weighted by atomic mass is 9.90. The molecule has 2 rings (SSSR count). The first-order valence-corrected chi connectivity index (χ1v) is 9.42. The van der Waals surface area contributed by atoms with Crippen molar-refractivity contribution >= 4 is 11.9 Å². The number of carbonyl (C=O) groups excluding carboxylic acids is 2. The maximum Gasteiger partial charge on any atom is 0.410 e. The SMILES string of the molecule is CC(C)Oc1cccc(C(=O)CC2CCN(C(=O)OC(C)(C)C)CC2)c1. The van der Waals surface area contributed by atoms with Crippen LogP contribution in [0.2, 0.25) is 0 Å². The van der Waals surface area contributed by atoms with Gasteiger partial charge in [0, 0.05) is 25.1 Å². The first-order valence-electron chi connectivity index (χ1n) is 9.42. The number of amides is 1. The fourth-order valence-corrected chi connectivity index (χ4v) is 3.04. The highest BCUT2D eigenvalue weighted by atomic mass is 16.6. The average Bonchev–Trinajstić information content (AvgIpc) is 2.53. The highest BCUT2D eigenvalue weighted by Crippen LogP contribution is 2.25. The van der Waals surface area contributed by atoms with E-state index >= 15 is 0 Å². The molecule has 0 aliphatic carbocycles. The summed E-state index contributed by atoms with van der Waals surface area (Å²) < 4.78 is 11.1. The molecular weight excluding hydrogens is 330 g/mol. The molecule has 26 heavy (non-hydrogen) atoms. The number of nitrogens with zero attached hydrogens (tertiary/aromatic N) is 1. The van der Waals surface area contributed by atoms with Crippen LogP contribution < -0.4 is 4.74 Å². The highest BCUT2D eigenvalue weighted by Gasteiger charge is 2.28. The Kier molecular flexibility index (Phi) is 6.68. The minimum atomic E-state index is -0.479. The second-order valence-corrected chi connectivity index (χ2v) is 8.23. The van der Waals surface area contributed by atoms with E-state index in [0.717, 1.165) is 18.6 Å². The Labute approximate surface area is 156 Å². The molecule has 0 spiro atoms. The fraction of sp³-hybridized carbons (Fsp3) is 0.619. The summed E-state index contributed by atoms with van der Waals surface area (Å²) in [7, 11) is 0. The van der Waals surface area contributed by atoms with Crippen LogP contribution >= 0.6 is 0 Å². The fourth-order valence-electron chi connectivity index (χ4n) is 3.04. The van der Waals surface area contributed by atoms with Crippen molar-refractivity contribution in [3.05, 3.63) is 29.8 Å². The Morgan fingerprint density at radius 3 is 2.42 bits per heavy atom. The van der Waals surface area contributed by atoms with E-state index in [-0.39, 0.29) is 18.0 Å². The molecule has 1 heterocycles. The number of benzene rings is 1. The van der Waals surface area contributed by atoms with Gasteiger partial charge in [0.2, 0.25) is 0 Å². The van der Waals surface area contributed by atoms with Gasteiger partial charge < -0.3 is 14.4 Å². The largest absolute Gasteiger partial charge is 0.491 e. The quantitative estimate of drug-likeness (QED) is 0.714. The highest BCUT2D eigenvalue weighted by molar-refractivity contribution is 5.96. The number of hydrogen-bond acceptors (Lipinski definition) is 4. The molecule has 0 N–H and O–H groups in total. The van der Waals surface area contributed by atoms with Crippen LogP contribution in [0.25, 0.3) is 0 Å². The maximum atomic E-state index is 12.6. The predicted molar refractivity (Wildman–Crippen MR) is 102 cm³/mol. The standard InChI is InChI=1S/C21H31NO4/c1-15(2)25-18-8-6-7-17(14-18)19(23)13-16-9-11-22(12-10-16)20(24)26-21(3,4)5/h6-8,14-16H,9-13H2,1-5H3. The molecule has 0 aromatic heterocycles. The normalized spacial score (nSPS) is 15.8. The van der Waals surface area contributed by atoms with Crippen molar-refractivity contribution < 1.29 is 19.1 Å². The Balaban J connectivity index is 1.85. The monoisotopic (exact) mass is 361 g/mol. The van der Waals surface area contributed by atoms with Gasteiger partial charge in [-0.2, -0.15) is 0 Å².